The molecule has 3 saturated heterocycles. The first kappa shape index (κ1) is 30.4. The number of piperidine rings is 1. The molecular weight excluding hydrogens is 582 g/mol. The van der Waals surface area contributed by atoms with E-state index in [0.29, 0.717) is 35.5 Å². The molecule has 0 radical (unpaired) electrons. The molecule has 3 fully saturated rings. The highest BCUT2D eigenvalue weighted by molar-refractivity contribution is 6.11. The largest absolute Gasteiger partial charge is 0.444 e. The van der Waals surface area contributed by atoms with Gasteiger partial charge in [0.05, 0.1) is 12.1 Å². The first-order valence-corrected chi connectivity index (χ1v) is 16.7. The maximum atomic E-state index is 14.1. The number of aromatic nitrogens is 5. The number of ether oxygens (including phenoxy) is 1. The molecular formula is C34H45N9O3. The van der Waals surface area contributed by atoms with Crippen molar-refractivity contribution in [2.75, 3.05) is 47.4 Å². The summed E-state index contributed by atoms with van der Waals surface area (Å²) < 4.78 is 7.62. The third kappa shape index (κ3) is 5.55. The number of fused-ring (bicyclic) bond motifs is 1. The van der Waals surface area contributed by atoms with Crippen LogP contribution in [0, 0.1) is 5.41 Å². The van der Waals surface area contributed by atoms with Crippen molar-refractivity contribution in [2.45, 2.75) is 91.5 Å². The van der Waals surface area contributed by atoms with Gasteiger partial charge in [-0.2, -0.15) is 0 Å². The van der Waals surface area contributed by atoms with Crippen molar-refractivity contribution in [1.82, 2.24) is 29.6 Å². The minimum atomic E-state index is -0.503. The van der Waals surface area contributed by atoms with Crippen molar-refractivity contribution in [1.29, 1.82) is 0 Å². The quantitative estimate of drug-likeness (QED) is 0.380. The number of amides is 2. The molecule has 0 aliphatic carbocycles. The Labute approximate surface area is 270 Å². The second-order valence-corrected chi connectivity index (χ2v) is 14.4. The van der Waals surface area contributed by atoms with E-state index in [1.54, 1.807) is 11.2 Å². The van der Waals surface area contributed by atoms with Gasteiger partial charge in [0.25, 0.3) is 5.91 Å². The summed E-state index contributed by atoms with van der Waals surface area (Å²) in [5.74, 6) is 3.01. The van der Waals surface area contributed by atoms with Crippen molar-refractivity contribution < 1.29 is 14.3 Å². The molecule has 7 rings (SSSR count). The zero-order valence-corrected chi connectivity index (χ0v) is 27.7. The van der Waals surface area contributed by atoms with E-state index in [1.165, 1.54) is 0 Å². The van der Waals surface area contributed by atoms with Crippen LogP contribution in [0.15, 0.2) is 30.6 Å². The maximum Gasteiger partial charge on any atom is 0.410 e. The van der Waals surface area contributed by atoms with Crippen molar-refractivity contribution >= 4 is 29.5 Å². The summed E-state index contributed by atoms with van der Waals surface area (Å²) in [6.45, 7) is 15.2. The highest BCUT2D eigenvalue weighted by atomic mass is 16.6. The summed E-state index contributed by atoms with van der Waals surface area (Å²) >= 11 is 0. The van der Waals surface area contributed by atoms with Gasteiger partial charge in [0, 0.05) is 50.9 Å². The van der Waals surface area contributed by atoms with Crippen molar-refractivity contribution in [3.8, 4) is 11.5 Å². The van der Waals surface area contributed by atoms with Gasteiger partial charge in [0.2, 0.25) is 0 Å². The number of likely N-dealkylation sites (tertiary alicyclic amines) is 1. The van der Waals surface area contributed by atoms with Gasteiger partial charge >= 0.3 is 6.09 Å². The fourth-order valence-corrected chi connectivity index (χ4v) is 7.54. The average molecular weight is 628 g/mol. The standard InChI is InChI=1S/C34H45N9O3/c1-6-39-22-35-38-30(39)26-10-7-11-27(36-26)43-20-25-24(31(43)44)19-28(42-15-8-9-23(42)2)37-29(25)40-16-12-34(13-17-40)14-18-41(21-34)32(45)46-33(3,4)5/h7,10-11,19,22-23H,6,8-9,12-18,20-21H2,1-5H3/t23-/m1/s1. The SMILES string of the molecule is CCn1cnnc1-c1cccc(N2Cc3c(cc(N4CCC[C@H]4C)nc3N3CCC4(CCN(C(=O)OC(C)(C)C)C4)CC3)C2=O)n1. The van der Waals surface area contributed by atoms with Gasteiger partial charge < -0.3 is 24.0 Å². The third-order valence-corrected chi connectivity index (χ3v) is 10.1. The lowest BCUT2D eigenvalue weighted by Crippen LogP contribution is -2.43. The predicted molar refractivity (Wildman–Crippen MR) is 176 cm³/mol. The second kappa shape index (κ2) is 11.5. The Balaban J connectivity index is 1.16. The number of anilines is 3. The predicted octanol–water partition coefficient (Wildman–Crippen LogP) is 5.13. The van der Waals surface area contributed by atoms with Gasteiger partial charge in [-0.05, 0) is 90.3 Å². The van der Waals surface area contributed by atoms with Crippen molar-refractivity contribution in [2.24, 2.45) is 5.41 Å². The van der Waals surface area contributed by atoms with E-state index < -0.39 is 5.60 Å². The van der Waals surface area contributed by atoms with Crippen LogP contribution in [0.1, 0.15) is 82.6 Å². The van der Waals surface area contributed by atoms with Crippen LogP contribution in [0.25, 0.3) is 11.5 Å². The summed E-state index contributed by atoms with van der Waals surface area (Å²) in [6, 6.07) is 8.09. The number of aryl methyl sites for hydroxylation is 1. The van der Waals surface area contributed by atoms with Crippen molar-refractivity contribution in [3.63, 3.8) is 0 Å². The summed E-state index contributed by atoms with van der Waals surface area (Å²) in [5, 5.41) is 8.34. The average Bonchev–Trinajstić information content (AvgIpc) is 3.83. The normalized spacial score (nSPS) is 21.1. The molecule has 4 aliphatic heterocycles. The lowest BCUT2D eigenvalue weighted by molar-refractivity contribution is 0.0266. The molecule has 0 unspecified atom stereocenters. The fraction of sp³-hybridized carbons (Fsp3) is 0.588. The fourth-order valence-electron chi connectivity index (χ4n) is 7.54. The Kier molecular flexibility index (Phi) is 7.64. The van der Waals surface area contributed by atoms with Gasteiger partial charge in [-0.3, -0.25) is 9.69 Å². The smallest absolute Gasteiger partial charge is 0.410 e. The highest BCUT2D eigenvalue weighted by Crippen LogP contribution is 2.44. The first-order valence-electron chi connectivity index (χ1n) is 16.7. The molecule has 1 atom stereocenters. The maximum absolute atomic E-state index is 14.1. The lowest BCUT2D eigenvalue weighted by atomic mass is 9.77. The number of nitrogens with zero attached hydrogens (tertiary/aromatic N) is 9. The lowest BCUT2D eigenvalue weighted by Gasteiger charge is -2.40. The van der Waals surface area contributed by atoms with E-state index in [-0.39, 0.29) is 17.4 Å². The monoisotopic (exact) mass is 627 g/mol. The molecule has 0 saturated carbocycles. The third-order valence-electron chi connectivity index (χ3n) is 10.1. The molecule has 0 bridgehead atoms. The minimum absolute atomic E-state index is 0.0503. The highest BCUT2D eigenvalue weighted by Gasteiger charge is 2.44. The van der Waals surface area contributed by atoms with Crippen LogP contribution < -0.4 is 14.7 Å². The molecule has 3 aromatic rings. The minimum Gasteiger partial charge on any atom is -0.444 e. The van der Waals surface area contributed by atoms with E-state index in [0.717, 1.165) is 88.6 Å². The van der Waals surface area contributed by atoms with Crippen LogP contribution in [0.4, 0.5) is 22.2 Å². The molecule has 46 heavy (non-hydrogen) atoms. The summed E-state index contributed by atoms with van der Waals surface area (Å²) in [7, 11) is 0. The Hall–Kier alpha value is -4.22. The molecule has 0 aromatic carbocycles. The number of rotatable bonds is 5. The van der Waals surface area contributed by atoms with Crippen LogP contribution in [-0.2, 0) is 17.8 Å². The van der Waals surface area contributed by atoms with E-state index in [4.69, 9.17) is 14.7 Å². The van der Waals surface area contributed by atoms with Gasteiger partial charge in [0.15, 0.2) is 5.82 Å². The zero-order valence-electron chi connectivity index (χ0n) is 27.7. The van der Waals surface area contributed by atoms with Crippen LogP contribution in [-0.4, -0.2) is 86.0 Å². The summed E-state index contributed by atoms with van der Waals surface area (Å²) in [6.07, 6.45) is 6.63. The summed E-state index contributed by atoms with van der Waals surface area (Å²) in [5.41, 5.74) is 1.94. The van der Waals surface area contributed by atoms with Gasteiger partial charge in [-0.15, -0.1) is 10.2 Å². The van der Waals surface area contributed by atoms with Gasteiger partial charge in [-0.1, -0.05) is 6.07 Å². The molecule has 0 N–H and O–H groups in total. The Morgan fingerprint density at radius 1 is 1.07 bits per heavy atom. The number of hydrogen-bond acceptors (Lipinski definition) is 9. The molecule has 7 heterocycles. The number of carbonyl (C=O) groups excluding carboxylic acids is 2. The Morgan fingerprint density at radius 3 is 2.57 bits per heavy atom. The van der Waals surface area contributed by atoms with E-state index in [9.17, 15) is 9.59 Å². The number of carbonyl (C=O) groups is 2. The molecule has 244 valence electrons. The van der Waals surface area contributed by atoms with Crippen LogP contribution >= 0.6 is 0 Å². The van der Waals surface area contributed by atoms with Gasteiger partial charge in [-0.25, -0.2) is 14.8 Å². The van der Waals surface area contributed by atoms with E-state index >= 15 is 0 Å². The van der Waals surface area contributed by atoms with Crippen molar-refractivity contribution in [3.05, 3.63) is 41.7 Å². The van der Waals surface area contributed by atoms with E-state index in [1.807, 2.05) is 61.4 Å². The van der Waals surface area contributed by atoms with E-state index in [2.05, 4.69) is 26.9 Å². The van der Waals surface area contributed by atoms with Crippen LogP contribution in [0.3, 0.4) is 0 Å². The Morgan fingerprint density at radius 2 is 1.85 bits per heavy atom. The topological polar surface area (TPSA) is 113 Å². The zero-order chi connectivity index (χ0) is 32.2. The first-order chi connectivity index (χ1) is 22.0. The van der Waals surface area contributed by atoms with Crippen LogP contribution in [0.5, 0.6) is 0 Å². The van der Waals surface area contributed by atoms with Gasteiger partial charge in [0.1, 0.15) is 35.1 Å². The molecule has 3 aromatic heterocycles. The van der Waals surface area contributed by atoms with Crippen LogP contribution in [0.2, 0.25) is 0 Å². The molecule has 4 aliphatic rings. The molecule has 12 nitrogen and oxygen atoms in total. The molecule has 1 spiro atoms. The molecule has 2 amide bonds. The summed E-state index contributed by atoms with van der Waals surface area (Å²) in [4.78, 5) is 45.5. The number of hydrogen-bond donors (Lipinski definition) is 0. The number of pyridine rings is 2. The Bertz CT molecular complexity index is 1640. The molecule has 12 heteroatoms. The second-order valence-electron chi connectivity index (χ2n) is 14.4.